The summed E-state index contributed by atoms with van der Waals surface area (Å²) in [7, 11) is 1.39. The predicted octanol–water partition coefficient (Wildman–Crippen LogP) is 0.985. The van der Waals surface area contributed by atoms with Crippen molar-refractivity contribution in [2.45, 2.75) is 18.6 Å². The molecule has 1 N–H and O–H groups in total. The Kier molecular flexibility index (Phi) is 5.18. The van der Waals surface area contributed by atoms with E-state index in [4.69, 9.17) is 9.47 Å². The Morgan fingerprint density at radius 3 is 2.84 bits per heavy atom. The Balaban J connectivity index is 1.61. The maximum atomic E-state index is 11.3. The van der Waals surface area contributed by atoms with Crippen LogP contribution < -0.4 is 10.1 Å². The largest absolute Gasteiger partial charge is 0.491 e. The average molecular weight is 265 g/mol. The molecular weight excluding hydrogens is 246 g/mol. The molecular formula is C14H19NO4. The van der Waals surface area contributed by atoms with Gasteiger partial charge in [0, 0.05) is 13.0 Å². The Hall–Kier alpha value is -1.59. The van der Waals surface area contributed by atoms with Gasteiger partial charge in [0.15, 0.2) is 0 Å². The topological polar surface area (TPSA) is 56.8 Å². The number of esters is 1. The van der Waals surface area contributed by atoms with Crippen LogP contribution in [0, 0.1) is 0 Å². The second kappa shape index (κ2) is 7.11. The number of nitrogens with one attached hydrogen (secondary N) is 1. The highest BCUT2D eigenvalue weighted by Gasteiger charge is 2.30. The summed E-state index contributed by atoms with van der Waals surface area (Å²) in [6.45, 7) is 1.68. The number of hydrogen-bond donors (Lipinski definition) is 1. The van der Waals surface area contributed by atoms with E-state index in [0.29, 0.717) is 26.2 Å². The van der Waals surface area contributed by atoms with Gasteiger partial charge in [0.2, 0.25) is 0 Å². The van der Waals surface area contributed by atoms with Crippen LogP contribution in [-0.4, -0.2) is 45.0 Å². The van der Waals surface area contributed by atoms with E-state index in [2.05, 4.69) is 10.1 Å². The lowest BCUT2D eigenvalue weighted by atomic mass is 10.2. The molecule has 2 atom stereocenters. The molecule has 0 aromatic heterocycles. The van der Waals surface area contributed by atoms with Gasteiger partial charge in [0.25, 0.3) is 0 Å². The second-order valence-electron chi connectivity index (χ2n) is 4.37. The van der Waals surface area contributed by atoms with Gasteiger partial charge in [-0.2, -0.15) is 0 Å². The van der Waals surface area contributed by atoms with E-state index >= 15 is 0 Å². The summed E-state index contributed by atoms with van der Waals surface area (Å²) in [5.41, 5.74) is 0. The number of ether oxygens (including phenoxy) is 3. The molecule has 104 valence electrons. The highest BCUT2D eigenvalue weighted by atomic mass is 16.5. The summed E-state index contributed by atoms with van der Waals surface area (Å²) in [4.78, 5) is 11.3. The summed E-state index contributed by atoms with van der Waals surface area (Å²) in [5, 5.41) is 3.08. The van der Waals surface area contributed by atoms with Crippen molar-refractivity contribution in [2.24, 2.45) is 0 Å². The van der Waals surface area contributed by atoms with Crippen LogP contribution in [0.1, 0.15) is 6.42 Å². The molecule has 5 heteroatoms. The zero-order chi connectivity index (χ0) is 13.5. The van der Waals surface area contributed by atoms with Crippen molar-refractivity contribution in [2.75, 3.05) is 26.9 Å². The Morgan fingerprint density at radius 1 is 1.32 bits per heavy atom. The molecule has 1 fully saturated rings. The fraction of sp³-hybridized carbons (Fsp3) is 0.500. The number of carbonyl (C=O) groups excluding carboxylic acids is 1. The van der Waals surface area contributed by atoms with Crippen molar-refractivity contribution in [3.63, 3.8) is 0 Å². The Labute approximate surface area is 112 Å². The van der Waals surface area contributed by atoms with E-state index in [0.717, 1.165) is 5.75 Å². The van der Waals surface area contributed by atoms with Crippen LogP contribution in [-0.2, 0) is 14.3 Å². The molecule has 19 heavy (non-hydrogen) atoms. The monoisotopic (exact) mass is 265 g/mol. The third kappa shape index (κ3) is 4.22. The molecule has 2 rings (SSSR count). The molecule has 1 aliphatic rings. The minimum Gasteiger partial charge on any atom is -0.491 e. The van der Waals surface area contributed by atoms with E-state index in [1.54, 1.807) is 0 Å². The summed E-state index contributed by atoms with van der Waals surface area (Å²) in [6.07, 6.45) is 0.696. The maximum absolute atomic E-state index is 11.3. The van der Waals surface area contributed by atoms with Crippen molar-refractivity contribution in [3.8, 4) is 5.75 Å². The first kappa shape index (κ1) is 13.8. The maximum Gasteiger partial charge on any atom is 0.322 e. The lowest BCUT2D eigenvalue weighted by Crippen LogP contribution is -2.31. The highest BCUT2D eigenvalue weighted by molar-refractivity contribution is 5.76. The fourth-order valence-electron chi connectivity index (χ4n) is 2.04. The van der Waals surface area contributed by atoms with E-state index in [1.807, 2.05) is 30.3 Å². The Bertz CT molecular complexity index is 396. The summed E-state index contributed by atoms with van der Waals surface area (Å²) in [6, 6.07) is 9.37. The lowest BCUT2D eigenvalue weighted by molar-refractivity contribution is -0.142. The zero-order valence-electron chi connectivity index (χ0n) is 11.0. The normalized spacial score (nSPS) is 22.2. The molecule has 1 aromatic carbocycles. The number of para-hydroxylation sites is 1. The van der Waals surface area contributed by atoms with E-state index < -0.39 is 0 Å². The van der Waals surface area contributed by atoms with E-state index in [-0.39, 0.29) is 18.1 Å². The summed E-state index contributed by atoms with van der Waals surface area (Å²) < 4.78 is 15.9. The highest BCUT2D eigenvalue weighted by Crippen LogP contribution is 2.12. The van der Waals surface area contributed by atoms with Crippen molar-refractivity contribution < 1.29 is 19.0 Å². The van der Waals surface area contributed by atoms with Gasteiger partial charge >= 0.3 is 5.97 Å². The van der Waals surface area contributed by atoms with Gasteiger partial charge in [-0.05, 0) is 12.1 Å². The summed E-state index contributed by atoms with van der Waals surface area (Å²) >= 11 is 0. The van der Waals surface area contributed by atoms with Gasteiger partial charge in [-0.15, -0.1) is 0 Å². The minimum absolute atomic E-state index is 0.0449. The van der Waals surface area contributed by atoms with Crippen LogP contribution in [0.25, 0.3) is 0 Å². The number of hydrogen-bond acceptors (Lipinski definition) is 5. The van der Waals surface area contributed by atoms with Gasteiger partial charge in [0.1, 0.15) is 18.4 Å². The van der Waals surface area contributed by atoms with Gasteiger partial charge in [-0.25, -0.2) is 0 Å². The zero-order valence-corrected chi connectivity index (χ0v) is 11.0. The third-order valence-electron chi connectivity index (χ3n) is 3.03. The van der Waals surface area contributed by atoms with Gasteiger partial charge < -0.3 is 19.5 Å². The first-order valence-electron chi connectivity index (χ1n) is 6.40. The molecule has 0 bridgehead atoms. The molecule has 0 amide bonds. The van der Waals surface area contributed by atoms with Crippen molar-refractivity contribution in [3.05, 3.63) is 30.3 Å². The molecule has 0 aliphatic carbocycles. The molecule has 1 aromatic rings. The molecule has 1 saturated heterocycles. The molecule has 0 unspecified atom stereocenters. The van der Waals surface area contributed by atoms with Crippen molar-refractivity contribution >= 4 is 5.97 Å². The minimum atomic E-state index is -0.245. The van der Waals surface area contributed by atoms with Crippen LogP contribution in [0.15, 0.2) is 30.3 Å². The van der Waals surface area contributed by atoms with Crippen molar-refractivity contribution in [1.29, 1.82) is 0 Å². The first-order valence-corrected chi connectivity index (χ1v) is 6.40. The van der Waals surface area contributed by atoms with E-state index in [1.165, 1.54) is 7.11 Å². The number of rotatable bonds is 6. The predicted molar refractivity (Wildman–Crippen MR) is 70.1 cm³/mol. The quantitative estimate of drug-likeness (QED) is 0.614. The number of benzene rings is 1. The first-order chi connectivity index (χ1) is 9.29. The standard InChI is InChI=1S/C14H19NO4/c1-17-14(16)13-9-12(10-15-13)19-8-7-18-11-5-3-2-4-6-11/h2-6,12-13,15H,7-10H2,1H3/t12-,13+/m1/s1. The molecule has 1 aliphatic heterocycles. The molecule has 5 nitrogen and oxygen atoms in total. The Morgan fingerprint density at radius 2 is 2.11 bits per heavy atom. The number of methoxy groups -OCH3 is 1. The average Bonchev–Trinajstić information content (AvgIpc) is 2.93. The number of carbonyl (C=O) groups is 1. The molecule has 1 heterocycles. The lowest BCUT2D eigenvalue weighted by Gasteiger charge is -2.11. The SMILES string of the molecule is COC(=O)[C@@H]1C[C@@H](OCCOc2ccccc2)CN1. The van der Waals surface area contributed by atoms with Gasteiger partial charge in [0.05, 0.1) is 19.8 Å². The molecule has 0 radical (unpaired) electrons. The van der Waals surface area contributed by atoms with Crippen LogP contribution in [0.4, 0.5) is 0 Å². The van der Waals surface area contributed by atoms with Gasteiger partial charge in [-0.3, -0.25) is 4.79 Å². The van der Waals surface area contributed by atoms with Crippen LogP contribution in [0.3, 0.4) is 0 Å². The van der Waals surface area contributed by atoms with E-state index in [9.17, 15) is 4.79 Å². The fourth-order valence-corrected chi connectivity index (χ4v) is 2.04. The summed E-state index contributed by atoms with van der Waals surface area (Å²) in [5.74, 6) is 0.606. The second-order valence-corrected chi connectivity index (χ2v) is 4.37. The third-order valence-corrected chi connectivity index (χ3v) is 3.03. The van der Waals surface area contributed by atoms with Gasteiger partial charge in [-0.1, -0.05) is 18.2 Å². The molecule has 0 saturated carbocycles. The smallest absolute Gasteiger partial charge is 0.322 e. The van der Waals surface area contributed by atoms with Crippen molar-refractivity contribution in [1.82, 2.24) is 5.32 Å². The van der Waals surface area contributed by atoms with Crippen LogP contribution in [0.2, 0.25) is 0 Å². The van der Waals surface area contributed by atoms with Crippen LogP contribution >= 0.6 is 0 Å². The molecule has 0 spiro atoms. The van der Waals surface area contributed by atoms with Crippen LogP contribution in [0.5, 0.6) is 5.75 Å².